The number of nitrogens with zero attached hydrogens (tertiary/aromatic N) is 3. The van der Waals surface area contributed by atoms with Gasteiger partial charge in [0.2, 0.25) is 0 Å². The number of fused-ring (bicyclic) bond motifs is 2. The van der Waals surface area contributed by atoms with E-state index in [-0.39, 0.29) is 47.2 Å². The van der Waals surface area contributed by atoms with Crippen molar-refractivity contribution in [3.63, 3.8) is 0 Å². The maximum atomic E-state index is 12.9. The first-order chi connectivity index (χ1) is 17.0. The van der Waals surface area contributed by atoms with Crippen molar-refractivity contribution in [1.29, 1.82) is 0 Å². The van der Waals surface area contributed by atoms with E-state index in [1.54, 1.807) is 0 Å². The molecule has 0 saturated heterocycles. The van der Waals surface area contributed by atoms with Crippen LogP contribution >= 0.6 is 0 Å². The Morgan fingerprint density at radius 2 is 1.43 bits per heavy atom. The van der Waals surface area contributed by atoms with Gasteiger partial charge in [0.05, 0.1) is 0 Å². The SMILES string of the molecule is CN(C)CCCOc1ccc2[se]n(CCCCCCn3[se]c4ccc(CO)cc4c3=O)c(=O)c2c1. The number of ether oxygens (including phenoxy) is 1. The zero-order chi connectivity index (χ0) is 24.8. The number of rotatable bonds is 13. The third kappa shape index (κ3) is 6.67. The zero-order valence-electron chi connectivity index (χ0n) is 20.4. The molecule has 0 aliphatic rings. The summed E-state index contributed by atoms with van der Waals surface area (Å²) in [6, 6.07) is 11.6. The summed E-state index contributed by atoms with van der Waals surface area (Å²) in [7, 11) is 4.10. The van der Waals surface area contributed by atoms with Gasteiger partial charge >= 0.3 is 218 Å². The van der Waals surface area contributed by atoms with Crippen LogP contribution in [0.2, 0.25) is 0 Å². The van der Waals surface area contributed by atoms with Gasteiger partial charge in [0.25, 0.3) is 0 Å². The number of aliphatic hydroxyl groups is 1. The molecule has 0 amide bonds. The van der Waals surface area contributed by atoms with Crippen molar-refractivity contribution >= 4 is 48.8 Å². The normalized spacial score (nSPS) is 11.8. The molecule has 1 N–H and O–H groups in total. The van der Waals surface area contributed by atoms with Gasteiger partial charge in [-0.2, -0.15) is 0 Å². The van der Waals surface area contributed by atoms with Gasteiger partial charge in [-0.1, -0.05) is 0 Å². The van der Waals surface area contributed by atoms with E-state index in [9.17, 15) is 14.7 Å². The molecule has 2 heterocycles. The van der Waals surface area contributed by atoms with E-state index in [4.69, 9.17) is 4.74 Å². The molecule has 2 aromatic heterocycles. The summed E-state index contributed by atoms with van der Waals surface area (Å²) in [5.41, 5.74) is 1.02. The summed E-state index contributed by atoms with van der Waals surface area (Å²) in [6.07, 6.45) is 5.01. The Morgan fingerprint density at radius 1 is 0.829 bits per heavy atom. The second-order valence-corrected chi connectivity index (χ2v) is 13.5. The van der Waals surface area contributed by atoms with E-state index >= 15 is 0 Å². The van der Waals surface area contributed by atoms with Crippen LogP contribution in [0.4, 0.5) is 0 Å². The molecule has 4 rings (SSSR count). The van der Waals surface area contributed by atoms with E-state index in [1.807, 2.05) is 57.6 Å². The fraction of sp³-hybridized carbons (Fsp3) is 0.462. The number of hydrogen-bond donors (Lipinski definition) is 1. The monoisotopic (exact) mass is 611 g/mol. The standard InChI is InChI=1S/C26H33N3O4Se2/c1-27(2)12-7-15-33-20-9-11-24-22(17-20)26(32)29(35-24)14-6-4-3-5-13-28-25(31)21-16-19(18-30)8-10-23(21)34-28/h8-11,16-17,30H,3-7,12-15,18H2,1-2H3. The molecule has 0 aliphatic carbocycles. The van der Waals surface area contributed by atoms with E-state index < -0.39 is 0 Å². The maximum absolute atomic E-state index is 12.9. The molecule has 4 aromatic rings. The number of aliphatic hydroxyl groups excluding tert-OH is 1. The van der Waals surface area contributed by atoms with E-state index in [2.05, 4.69) is 4.90 Å². The molecule has 0 fully saturated rings. The Kier molecular flexibility index (Phi) is 9.28. The molecule has 0 saturated carbocycles. The Bertz CT molecular complexity index is 1380. The summed E-state index contributed by atoms with van der Waals surface area (Å²) in [5.74, 6) is 0.779. The van der Waals surface area contributed by atoms with Gasteiger partial charge < -0.3 is 0 Å². The fourth-order valence-corrected chi connectivity index (χ4v) is 8.34. The van der Waals surface area contributed by atoms with Crippen LogP contribution in [0, 0.1) is 0 Å². The van der Waals surface area contributed by atoms with Crippen molar-refractivity contribution < 1.29 is 9.84 Å². The predicted molar refractivity (Wildman–Crippen MR) is 143 cm³/mol. The predicted octanol–water partition coefficient (Wildman–Crippen LogP) is 2.51. The van der Waals surface area contributed by atoms with Gasteiger partial charge in [0.1, 0.15) is 0 Å². The minimum absolute atomic E-state index is 0.0333. The van der Waals surface area contributed by atoms with Gasteiger partial charge in [0, 0.05) is 0 Å². The number of unbranched alkanes of at least 4 members (excludes halogenated alkanes) is 3. The summed E-state index contributed by atoms with van der Waals surface area (Å²) >= 11 is 0.0745. The second kappa shape index (κ2) is 12.4. The number of benzene rings is 2. The zero-order valence-corrected chi connectivity index (χ0v) is 23.8. The van der Waals surface area contributed by atoms with E-state index in [0.717, 1.165) is 82.3 Å². The van der Waals surface area contributed by atoms with Crippen LogP contribution in [-0.4, -0.2) is 73.8 Å². The van der Waals surface area contributed by atoms with Crippen LogP contribution in [0.1, 0.15) is 37.7 Å². The van der Waals surface area contributed by atoms with Crippen LogP contribution < -0.4 is 15.9 Å². The van der Waals surface area contributed by atoms with Crippen molar-refractivity contribution in [1.82, 2.24) is 12.0 Å². The van der Waals surface area contributed by atoms with E-state index in [1.165, 1.54) is 0 Å². The molecule has 0 unspecified atom stereocenters. The summed E-state index contributed by atoms with van der Waals surface area (Å²) in [6.45, 7) is 3.16. The molecule has 0 atom stereocenters. The molecule has 0 spiro atoms. The quantitative estimate of drug-likeness (QED) is 0.186. The van der Waals surface area contributed by atoms with Crippen molar-refractivity contribution in [3.05, 3.63) is 62.7 Å². The molecule has 0 radical (unpaired) electrons. The first-order valence-electron chi connectivity index (χ1n) is 12.1. The Hall–Kier alpha value is -1.86. The third-order valence-electron chi connectivity index (χ3n) is 6.00. The first kappa shape index (κ1) is 26.2. The summed E-state index contributed by atoms with van der Waals surface area (Å²) in [5, 5.41) is 10.9. The average molecular weight is 609 g/mol. The van der Waals surface area contributed by atoms with Crippen LogP contribution in [0.5, 0.6) is 5.75 Å². The number of hydrogen-bond acceptors (Lipinski definition) is 5. The van der Waals surface area contributed by atoms with Gasteiger partial charge in [-0.3, -0.25) is 0 Å². The Labute approximate surface area is 217 Å². The molecule has 0 aliphatic heterocycles. The van der Waals surface area contributed by atoms with Crippen LogP contribution in [0.25, 0.3) is 19.3 Å². The number of aryl methyl sites for hydroxylation is 2. The molecule has 35 heavy (non-hydrogen) atoms. The van der Waals surface area contributed by atoms with E-state index in [0.29, 0.717) is 6.61 Å². The van der Waals surface area contributed by atoms with Crippen molar-refractivity contribution in [2.75, 3.05) is 27.2 Å². The first-order valence-corrected chi connectivity index (χ1v) is 15.4. The van der Waals surface area contributed by atoms with Crippen LogP contribution in [0.15, 0.2) is 46.0 Å². The summed E-state index contributed by atoms with van der Waals surface area (Å²) < 4.78 is 12.0. The van der Waals surface area contributed by atoms with Crippen LogP contribution in [0.3, 0.4) is 0 Å². The molecule has 7 nitrogen and oxygen atoms in total. The molecule has 0 bridgehead atoms. The van der Waals surface area contributed by atoms with Gasteiger partial charge in [-0.05, 0) is 0 Å². The molecular formula is C26H33N3O4Se2. The fourth-order valence-electron chi connectivity index (χ4n) is 4.09. The van der Waals surface area contributed by atoms with Gasteiger partial charge in [-0.15, -0.1) is 0 Å². The topological polar surface area (TPSA) is 76.7 Å². The van der Waals surface area contributed by atoms with Crippen LogP contribution in [-0.2, 0) is 19.7 Å². The molecule has 9 heteroatoms. The van der Waals surface area contributed by atoms with Crippen molar-refractivity contribution in [2.45, 2.75) is 51.8 Å². The number of aromatic nitrogens is 2. The Morgan fingerprint density at radius 3 is 2.03 bits per heavy atom. The van der Waals surface area contributed by atoms with Crippen molar-refractivity contribution in [3.8, 4) is 5.75 Å². The van der Waals surface area contributed by atoms with Gasteiger partial charge in [-0.25, -0.2) is 0 Å². The van der Waals surface area contributed by atoms with Crippen molar-refractivity contribution in [2.24, 2.45) is 0 Å². The molecular weight excluding hydrogens is 576 g/mol. The average Bonchev–Trinajstić information content (AvgIpc) is 3.34. The second-order valence-electron chi connectivity index (χ2n) is 9.06. The molecule has 188 valence electrons. The van der Waals surface area contributed by atoms with Gasteiger partial charge in [0.15, 0.2) is 0 Å². The third-order valence-corrected chi connectivity index (χ3v) is 10.7. The summed E-state index contributed by atoms with van der Waals surface area (Å²) in [4.78, 5) is 27.6. The minimum atomic E-state index is -0.0363. The molecule has 2 aromatic carbocycles. The Balaban J connectivity index is 1.24.